The van der Waals surface area contributed by atoms with Crippen LogP contribution in [0.25, 0.3) is 0 Å². The maximum absolute atomic E-state index is 11.8. The van der Waals surface area contributed by atoms with Crippen LogP contribution < -0.4 is 11.1 Å². The molecule has 8 nitrogen and oxygen atoms in total. The van der Waals surface area contributed by atoms with Crippen molar-refractivity contribution in [3.8, 4) is 0 Å². The third kappa shape index (κ3) is 2.99. The first-order valence-electron chi connectivity index (χ1n) is 5.62. The standard InChI is InChI=1S/C10H14N6O2S/c1-3-18-10(17)7-8(11)15-19-9(7)12-4-6-13-5-16(2)14-6/h5,12H,3-4H2,1-2H3,(H2,11,15). The molecule has 2 aromatic rings. The van der Waals surface area contributed by atoms with Crippen molar-refractivity contribution in [3.05, 3.63) is 17.7 Å². The Labute approximate surface area is 113 Å². The number of nitrogens with one attached hydrogen (secondary N) is 1. The van der Waals surface area contributed by atoms with Crippen LogP contribution in [0.1, 0.15) is 23.1 Å². The number of anilines is 2. The summed E-state index contributed by atoms with van der Waals surface area (Å²) in [6.45, 7) is 2.41. The van der Waals surface area contributed by atoms with Crippen LogP contribution >= 0.6 is 11.5 Å². The van der Waals surface area contributed by atoms with Crippen LogP contribution in [0.4, 0.5) is 10.8 Å². The smallest absolute Gasteiger partial charge is 0.344 e. The van der Waals surface area contributed by atoms with Gasteiger partial charge in [-0.2, -0.15) is 9.47 Å². The molecule has 0 radical (unpaired) electrons. The van der Waals surface area contributed by atoms with Crippen LogP contribution in [-0.2, 0) is 18.3 Å². The van der Waals surface area contributed by atoms with Crippen LogP contribution in [0.15, 0.2) is 6.33 Å². The van der Waals surface area contributed by atoms with Gasteiger partial charge in [0.05, 0.1) is 13.2 Å². The fourth-order valence-corrected chi connectivity index (χ4v) is 2.14. The summed E-state index contributed by atoms with van der Waals surface area (Å²) < 4.78 is 10.5. The summed E-state index contributed by atoms with van der Waals surface area (Å²) in [5.41, 5.74) is 5.94. The van der Waals surface area contributed by atoms with Gasteiger partial charge in [-0.1, -0.05) is 0 Å². The predicted octanol–water partition coefficient (Wildman–Crippen LogP) is 0.643. The summed E-state index contributed by atoms with van der Waals surface area (Å²) in [7, 11) is 1.78. The Morgan fingerprint density at radius 1 is 1.63 bits per heavy atom. The van der Waals surface area contributed by atoms with E-state index in [2.05, 4.69) is 19.8 Å². The van der Waals surface area contributed by atoms with Gasteiger partial charge < -0.3 is 15.8 Å². The molecule has 0 saturated carbocycles. The molecule has 0 amide bonds. The van der Waals surface area contributed by atoms with Crippen LogP contribution in [0.2, 0.25) is 0 Å². The molecule has 19 heavy (non-hydrogen) atoms. The number of ether oxygens (including phenoxy) is 1. The zero-order chi connectivity index (χ0) is 13.8. The van der Waals surface area contributed by atoms with E-state index in [1.165, 1.54) is 0 Å². The molecule has 0 aliphatic heterocycles. The molecule has 0 aliphatic rings. The van der Waals surface area contributed by atoms with Gasteiger partial charge in [0.25, 0.3) is 0 Å². The van der Waals surface area contributed by atoms with Crippen molar-refractivity contribution in [2.75, 3.05) is 17.7 Å². The summed E-state index contributed by atoms with van der Waals surface area (Å²) in [5.74, 6) is 0.300. The second-order valence-electron chi connectivity index (χ2n) is 3.68. The van der Waals surface area contributed by atoms with Gasteiger partial charge in [0.15, 0.2) is 11.6 Å². The first kappa shape index (κ1) is 13.3. The summed E-state index contributed by atoms with van der Waals surface area (Å²) in [6, 6.07) is 0. The van der Waals surface area contributed by atoms with Gasteiger partial charge in [-0.05, 0) is 18.5 Å². The van der Waals surface area contributed by atoms with Gasteiger partial charge in [0.2, 0.25) is 0 Å². The predicted molar refractivity (Wildman–Crippen MR) is 70.8 cm³/mol. The summed E-state index contributed by atoms with van der Waals surface area (Å²) >= 11 is 1.11. The molecule has 0 spiro atoms. The molecule has 0 atom stereocenters. The van der Waals surface area contributed by atoms with E-state index in [4.69, 9.17) is 10.5 Å². The summed E-state index contributed by atoms with van der Waals surface area (Å²) in [5, 5.41) is 7.72. The van der Waals surface area contributed by atoms with Gasteiger partial charge in [-0.15, -0.1) is 0 Å². The van der Waals surface area contributed by atoms with E-state index in [1.807, 2.05) is 0 Å². The van der Waals surface area contributed by atoms with Crippen molar-refractivity contribution >= 4 is 28.3 Å². The van der Waals surface area contributed by atoms with E-state index in [1.54, 1.807) is 25.0 Å². The fourth-order valence-electron chi connectivity index (χ4n) is 1.45. The minimum absolute atomic E-state index is 0.167. The van der Waals surface area contributed by atoms with Crippen molar-refractivity contribution in [2.24, 2.45) is 7.05 Å². The Balaban J connectivity index is 2.10. The lowest BCUT2D eigenvalue weighted by Gasteiger charge is -2.04. The molecule has 9 heteroatoms. The molecule has 0 bridgehead atoms. The Kier molecular flexibility index (Phi) is 3.95. The minimum atomic E-state index is -0.481. The first-order chi connectivity index (χ1) is 9.11. The highest BCUT2D eigenvalue weighted by molar-refractivity contribution is 7.11. The molecular weight excluding hydrogens is 268 g/mol. The second-order valence-corrected chi connectivity index (χ2v) is 4.45. The number of hydrogen-bond donors (Lipinski definition) is 2. The van der Waals surface area contributed by atoms with Crippen molar-refractivity contribution < 1.29 is 9.53 Å². The van der Waals surface area contributed by atoms with E-state index in [-0.39, 0.29) is 18.0 Å². The van der Waals surface area contributed by atoms with Gasteiger partial charge in [0, 0.05) is 7.05 Å². The van der Waals surface area contributed by atoms with E-state index in [0.717, 1.165) is 11.5 Å². The van der Waals surface area contributed by atoms with Gasteiger partial charge >= 0.3 is 5.97 Å². The van der Waals surface area contributed by atoms with Crippen LogP contribution in [0.5, 0.6) is 0 Å². The molecule has 2 rings (SSSR count). The minimum Gasteiger partial charge on any atom is -0.462 e. The number of carbonyl (C=O) groups is 1. The van der Waals surface area contributed by atoms with Gasteiger partial charge in [0.1, 0.15) is 16.9 Å². The SMILES string of the molecule is CCOC(=O)c1c(N)nsc1NCc1ncn(C)n1. The van der Waals surface area contributed by atoms with E-state index in [9.17, 15) is 4.79 Å². The number of nitrogens with two attached hydrogens (primary N) is 1. The number of nitrogens with zero attached hydrogens (tertiary/aromatic N) is 4. The molecule has 0 unspecified atom stereocenters. The highest BCUT2D eigenvalue weighted by Crippen LogP contribution is 2.27. The largest absolute Gasteiger partial charge is 0.462 e. The van der Waals surface area contributed by atoms with Gasteiger partial charge in [-0.3, -0.25) is 4.68 Å². The van der Waals surface area contributed by atoms with Gasteiger partial charge in [-0.25, -0.2) is 9.78 Å². The molecule has 2 heterocycles. The summed E-state index contributed by atoms with van der Waals surface area (Å²) in [6.07, 6.45) is 1.60. The third-order valence-electron chi connectivity index (χ3n) is 2.25. The van der Waals surface area contributed by atoms with Crippen molar-refractivity contribution in [2.45, 2.75) is 13.5 Å². The lowest BCUT2D eigenvalue weighted by molar-refractivity contribution is 0.0529. The summed E-state index contributed by atoms with van der Waals surface area (Å²) in [4.78, 5) is 15.8. The highest BCUT2D eigenvalue weighted by atomic mass is 32.1. The second kappa shape index (κ2) is 5.65. The molecule has 0 aliphatic carbocycles. The highest BCUT2D eigenvalue weighted by Gasteiger charge is 2.20. The van der Waals surface area contributed by atoms with E-state index in [0.29, 0.717) is 17.4 Å². The maximum atomic E-state index is 11.8. The first-order valence-corrected chi connectivity index (χ1v) is 6.39. The molecule has 0 saturated heterocycles. The van der Waals surface area contributed by atoms with Crippen molar-refractivity contribution in [1.29, 1.82) is 0 Å². The van der Waals surface area contributed by atoms with Crippen molar-refractivity contribution in [1.82, 2.24) is 19.1 Å². The number of aryl methyl sites for hydroxylation is 1. The van der Waals surface area contributed by atoms with Crippen LogP contribution in [-0.4, -0.2) is 31.7 Å². The average Bonchev–Trinajstić information content (AvgIpc) is 2.93. The number of rotatable bonds is 5. The Bertz CT molecular complexity index is 578. The molecule has 2 aromatic heterocycles. The monoisotopic (exact) mass is 282 g/mol. The Morgan fingerprint density at radius 3 is 3.05 bits per heavy atom. The Hall–Kier alpha value is -2.16. The Morgan fingerprint density at radius 2 is 2.42 bits per heavy atom. The number of nitrogen functional groups attached to an aromatic ring is 1. The zero-order valence-electron chi connectivity index (χ0n) is 10.6. The lowest BCUT2D eigenvalue weighted by Crippen LogP contribution is -2.10. The average molecular weight is 282 g/mol. The lowest BCUT2D eigenvalue weighted by atomic mass is 10.3. The maximum Gasteiger partial charge on any atom is 0.344 e. The molecule has 0 fully saturated rings. The number of carbonyl (C=O) groups excluding carboxylic acids is 1. The topological polar surface area (TPSA) is 108 Å². The molecular formula is C10H14N6O2S. The number of aromatic nitrogens is 4. The van der Waals surface area contributed by atoms with Crippen LogP contribution in [0, 0.1) is 0 Å². The quantitative estimate of drug-likeness (QED) is 0.775. The van der Waals surface area contributed by atoms with E-state index >= 15 is 0 Å². The molecule has 102 valence electrons. The normalized spacial score (nSPS) is 10.4. The molecule has 3 N–H and O–H groups in total. The van der Waals surface area contributed by atoms with E-state index < -0.39 is 5.97 Å². The van der Waals surface area contributed by atoms with Crippen LogP contribution in [0.3, 0.4) is 0 Å². The number of hydrogen-bond acceptors (Lipinski definition) is 8. The molecule has 0 aromatic carbocycles. The fraction of sp³-hybridized carbons (Fsp3) is 0.400. The zero-order valence-corrected chi connectivity index (χ0v) is 11.4. The van der Waals surface area contributed by atoms with Crippen molar-refractivity contribution in [3.63, 3.8) is 0 Å². The third-order valence-corrected chi connectivity index (χ3v) is 3.07. The number of esters is 1.